The average molecular weight is 322 g/mol. The first kappa shape index (κ1) is 15.7. The van der Waals surface area contributed by atoms with Crippen LogP contribution in [0.15, 0.2) is 5.38 Å². The van der Waals surface area contributed by atoms with Crippen LogP contribution in [0.1, 0.15) is 49.4 Å². The molecule has 0 radical (unpaired) electrons. The van der Waals surface area contributed by atoms with Crippen molar-refractivity contribution in [3.8, 4) is 0 Å². The van der Waals surface area contributed by atoms with Crippen LogP contribution >= 0.6 is 11.3 Å². The fourth-order valence-corrected chi connectivity index (χ4v) is 4.18. The molecule has 0 bridgehead atoms. The lowest BCUT2D eigenvalue weighted by Gasteiger charge is -2.37. The molecule has 1 atom stereocenters. The number of nitrogens with zero attached hydrogens (tertiary/aromatic N) is 3. The van der Waals surface area contributed by atoms with Crippen LogP contribution in [-0.2, 0) is 0 Å². The number of carbonyl (C=O) groups excluding carboxylic acids is 1. The predicted molar refractivity (Wildman–Crippen MR) is 89.2 cm³/mol. The molecule has 2 saturated heterocycles. The highest BCUT2D eigenvalue weighted by molar-refractivity contribution is 7.09. The molecule has 0 aromatic carbocycles. The first-order valence-electron chi connectivity index (χ1n) is 8.35. The van der Waals surface area contributed by atoms with Crippen molar-refractivity contribution in [2.45, 2.75) is 51.6 Å². The van der Waals surface area contributed by atoms with Gasteiger partial charge in [0.15, 0.2) is 0 Å². The molecule has 1 N–H and O–H groups in total. The minimum Gasteiger partial charge on any atom is -0.330 e. The highest BCUT2D eigenvalue weighted by Crippen LogP contribution is 2.22. The highest BCUT2D eigenvalue weighted by Gasteiger charge is 2.28. The summed E-state index contributed by atoms with van der Waals surface area (Å²) in [6.45, 7) is 8.23. The zero-order valence-electron chi connectivity index (χ0n) is 13.5. The second-order valence-electron chi connectivity index (χ2n) is 6.42. The lowest BCUT2D eigenvalue weighted by atomic mass is 10.0. The fraction of sp³-hybridized carbons (Fsp3) is 0.750. The molecule has 2 aliphatic heterocycles. The Labute approximate surface area is 136 Å². The summed E-state index contributed by atoms with van der Waals surface area (Å²) in [4.78, 5) is 21.4. The van der Waals surface area contributed by atoms with E-state index >= 15 is 0 Å². The minimum absolute atomic E-state index is 0.0197. The quantitative estimate of drug-likeness (QED) is 0.931. The molecule has 3 rings (SSSR count). The standard InChI is InChI=1S/C16H26N4OS/c1-12(15-11-22-13(2)18-15)17-16(21)20-9-5-14(6-10-20)19-7-3-4-8-19/h11-12,14H,3-10H2,1-2H3,(H,17,21)/t12-/m1/s1. The summed E-state index contributed by atoms with van der Waals surface area (Å²) in [6, 6.07) is 0.719. The maximum Gasteiger partial charge on any atom is 0.317 e. The van der Waals surface area contributed by atoms with Crippen molar-refractivity contribution >= 4 is 17.4 Å². The number of hydrogen-bond acceptors (Lipinski definition) is 4. The molecule has 1 aromatic rings. The third-order valence-electron chi connectivity index (χ3n) is 4.83. The van der Waals surface area contributed by atoms with Crippen LogP contribution < -0.4 is 5.32 Å². The van der Waals surface area contributed by atoms with E-state index in [0.29, 0.717) is 6.04 Å². The van der Waals surface area contributed by atoms with Crippen LogP contribution in [0.25, 0.3) is 0 Å². The van der Waals surface area contributed by atoms with E-state index in [1.54, 1.807) is 11.3 Å². The molecule has 6 heteroatoms. The number of aryl methyl sites for hydroxylation is 1. The highest BCUT2D eigenvalue weighted by atomic mass is 32.1. The second-order valence-corrected chi connectivity index (χ2v) is 7.49. The molecule has 0 spiro atoms. The Morgan fingerprint density at radius 1 is 1.32 bits per heavy atom. The number of rotatable bonds is 3. The smallest absolute Gasteiger partial charge is 0.317 e. The molecule has 2 amide bonds. The predicted octanol–water partition coefficient (Wildman–Crippen LogP) is 2.78. The molecule has 122 valence electrons. The zero-order valence-corrected chi connectivity index (χ0v) is 14.4. The van der Waals surface area contributed by atoms with Gasteiger partial charge in [-0.2, -0.15) is 0 Å². The first-order chi connectivity index (χ1) is 10.6. The van der Waals surface area contributed by atoms with Gasteiger partial charge in [-0.15, -0.1) is 11.3 Å². The number of thiazole rings is 1. The number of amides is 2. The fourth-order valence-electron chi connectivity index (χ4n) is 3.47. The normalized spacial score (nSPS) is 22.0. The molecular weight excluding hydrogens is 296 g/mol. The summed E-state index contributed by atoms with van der Waals surface area (Å²) in [6.07, 6.45) is 4.89. The molecule has 2 aliphatic rings. The lowest BCUT2D eigenvalue weighted by molar-refractivity contribution is 0.132. The van der Waals surface area contributed by atoms with Crippen LogP contribution in [0, 0.1) is 6.92 Å². The maximum absolute atomic E-state index is 12.4. The number of urea groups is 1. The molecule has 1 aromatic heterocycles. The molecule has 22 heavy (non-hydrogen) atoms. The zero-order chi connectivity index (χ0) is 15.5. The second kappa shape index (κ2) is 6.96. The van der Waals surface area contributed by atoms with Crippen molar-refractivity contribution < 1.29 is 4.79 Å². The van der Waals surface area contributed by atoms with Gasteiger partial charge in [0.25, 0.3) is 0 Å². The lowest BCUT2D eigenvalue weighted by Crippen LogP contribution is -2.49. The Hall–Kier alpha value is -1.14. The van der Waals surface area contributed by atoms with Gasteiger partial charge in [-0.25, -0.2) is 9.78 Å². The van der Waals surface area contributed by atoms with Gasteiger partial charge in [-0.3, -0.25) is 0 Å². The monoisotopic (exact) mass is 322 g/mol. The maximum atomic E-state index is 12.4. The first-order valence-corrected chi connectivity index (χ1v) is 9.23. The third-order valence-corrected chi connectivity index (χ3v) is 5.62. The van der Waals surface area contributed by atoms with Gasteiger partial charge in [-0.1, -0.05) is 0 Å². The molecule has 5 nitrogen and oxygen atoms in total. The van der Waals surface area contributed by atoms with Crippen LogP contribution in [0.4, 0.5) is 4.79 Å². The van der Waals surface area contributed by atoms with Crippen molar-refractivity contribution in [1.82, 2.24) is 20.1 Å². The molecular formula is C16H26N4OS. The number of aromatic nitrogens is 1. The van der Waals surface area contributed by atoms with E-state index in [1.165, 1.54) is 25.9 Å². The number of piperidine rings is 1. The number of carbonyl (C=O) groups is 1. The summed E-state index contributed by atoms with van der Waals surface area (Å²) < 4.78 is 0. The molecule has 3 heterocycles. The van der Waals surface area contributed by atoms with Gasteiger partial charge in [0.05, 0.1) is 16.7 Å². The number of hydrogen-bond donors (Lipinski definition) is 1. The van der Waals surface area contributed by atoms with Crippen molar-refractivity contribution in [3.63, 3.8) is 0 Å². The van der Waals surface area contributed by atoms with Crippen molar-refractivity contribution in [2.75, 3.05) is 26.2 Å². The van der Waals surface area contributed by atoms with Crippen LogP contribution in [0.5, 0.6) is 0 Å². The van der Waals surface area contributed by atoms with Gasteiger partial charge in [0.1, 0.15) is 0 Å². The van der Waals surface area contributed by atoms with Gasteiger partial charge in [0.2, 0.25) is 0 Å². The Bertz CT molecular complexity index is 504. The van der Waals surface area contributed by atoms with Gasteiger partial charge >= 0.3 is 6.03 Å². The van der Waals surface area contributed by atoms with Crippen molar-refractivity contribution in [3.05, 3.63) is 16.1 Å². The van der Waals surface area contributed by atoms with Crippen molar-refractivity contribution in [2.24, 2.45) is 0 Å². The average Bonchev–Trinajstić information content (AvgIpc) is 3.18. The molecule has 2 fully saturated rings. The summed E-state index contributed by atoms with van der Waals surface area (Å²) in [7, 11) is 0. The van der Waals surface area contributed by atoms with E-state index < -0.39 is 0 Å². The Balaban J connectivity index is 1.47. The number of nitrogens with one attached hydrogen (secondary N) is 1. The van der Waals surface area contributed by atoms with Gasteiger partial charge < -0.3 is 15.1 Å². The van der Waals surface area contributed by atoms with Gasteiger partial charge in [-0.05, 0) is 52.6 Å². The summed E-state index contributed by atoms with van der Waals surface area (Å²) in [5, 5.41) is 6.15. The largest absolute Gasteiger partial charge is 0.330 e. The van der Waals surface area contributed by atoms with E-state index in [0.717, 1.165) is 36.6 Å². The van der Waals surface area contributed by atoms with Crippen molar-refractivity contribution in [1.29, 1.82) is 0 Å². The van der Waals surface area contributed by atoms with E-state index in [4.69, 9.17) is 0 Å². The summed E-state index contributed by atoms with van der Waals surface area (Å²) in [5.74, 6) is 0. The van der Waals surface area contributed by atoms with E-state index in [-0.39, 0.29) is 12.1 Å². The van der Waals surface area contributed by atoms with Crippen LogP contribution in [0.3, 0.4) is 0 Å². The van der Waals surface area contributed by atoms with Crippen LogP contribution in [0.2, 0.25) is 0 Å². The minimum atomic E-state index is -0.0197. The Morgan fingerprint density at radius 3 is 2.59 bits per heavy atom. The molecule has 0 unspecified atom stereocenters. The molecule has 0 aliphatic carbocycles. The number of likely N-dealkylation sites (tertiary alicyclic amines) is 2. The summed E-state index contributed by atoms with van der Waals surface area (Å²) in [5.41, 5.74) is 0.961. The Morgan fingerprint density at radius 2 is 2.00 bits per heavy atom. The van der Waals surface area contributed by atoms with E-state index in [9.17, 15) is 4.79 Å². The Kier molecular flexibility index (Phi) is 4.98. The van der Waals surface area contributed by atoms with E-state index in [1.807, 2.05) is 24.1 Å². The topological polar surface area (TPSA) is 48.5 Å². The molecule has 0 saturated carbocycles. The van der Waals surface area contributed by atoms with E-state index in [2.05, 4.69) is 15.2 Å². The van der Waals surface area contributed by atoms with Gasteiger partial charge in [0, 0.05) is 24.5 Å². The van der Waals surface area contributed by atoms with Crippen LogP contribution in [-0.4, -0.2) is 53.0 Å². The SMILES string of the molecule is Cc1nc([C@@H](C)NC(=O)N2CCC(N3CCCC3)CC2)cs1. The third kappa shape index (κ3) is 3.60. The summed E-state index contributed by atoms with van der Waals surface area (Å²) >= 11 is 1.63.